The molecule has 2 heterocycles. The molecule has 0 amide bonds. The van der Waals surface area contributed by atoms with Gasteiger partial charge in [0.05, 0.1) is 6.54 Å². The van der Waals surface area contributed by atoms with E-state index in [9.17, 15) is 24.6 Å². The molecule has 0 saturated carbocycles. The van der Waals surface area contributed by atoms with Crippen LogP contribution < -0.4 is 21.3 Å². The molecule has 36 heavy (non-hydrogen) atoms. The molecule has 4 rings (SSSR count). The number of imidazole rings is 1. The van der Waals surface area contributed by atoms with Crippen LogP contribution in [0.1, 0.15) is 11.1 Å². The Morgan fingerprint density at radius 2 is 1.83 bits per heavy atom. The number of carboxylic acids is 1. The SMILES string of the molecule is Cc1ccc(OC[C@@H](O)Cn2c(N[C@H](Cc3ccccc3)C(=O)O)nc3c2c(=O)[nH]c(=O)n3C)cc1. The Morgan fingerprint density at radius 3 is 2.50 bits per heavy atom. The Hall–Kier alpha value is -4.38. The van der Waals surface area contributed by atoms with Crippen LogP contribution in [0, 0.1) is 6.92 Å². The summed E-state index contributed by atoms with van der Waals surface area (Å²) in [6, 6.07) is 15.3. The number of hydrogen-bond acceptors (Lipinski definition) is 7. The topological polar surface area (TPSA) is 151 Å². The van der Waals surface area contributed by atoms with Gasteiger partial charge in [-0.05, 0) is 24.6 Å². The number of nitrogens with one attached hydrogen (secondary N) is 2. The molecular weight excluding hydrogens is 466 g/mol. The van der Waals surface area contributed by atoms with E-state index in [1.807, 2.05) is 37.3 Å². The Kier molecular flexibility index (Phi) is 7.20. The summed E-state index contributed by atoms with van der Waals surface area (Å²) >= 11 is 0. The Balaban J connectivity index is 1.66. The number of carboxylic acid groups (broad SMARTS) is 1. The highest BCUT2D eigenvalue weighted by Gasteiger charge is 2.25. The lowest BCUT2D eigenvalue weighted by Crippen LogP contribution is -2.34. The second-order valence-electron chi connectivity index (χ2n) is 8.54. The maximum Gasteiger partial charge on any atom is 0.329 e. The maximum atomic E-state index is 12.7. The van der Waals surface area contributed by atoms with E-state index in [-0.39, 0.29) is 36.7 Å². The Bertz CT molecular complexity index is 1470. The molecule has 4 aromatic rings. The molecule has 0 fully saturated rings. The van der Waals surface area contributed by atoms with Gasteiger partial charge in [0.2, 0.25) is 5.95 Å². The first-order valence-corrected chi connectivity index (χ1v) is 11.3. The summed E-state index contributed by atoms with van der Waals surface area (Å²) in [4.78, 5) is 43.4. The van der Waals surface area contributed by atoms with Gasteiger partial charge in [0.15, 0.2) is 11.2 Å². The van der Waals surface area contributed by atoms with Gasteiger partial charge >= 0.3 is 11.7 Å². The quantitative estimate of drug-likeness (QED) is 0.258. The van der Waals surface area contributed by atoms with Gasteiger partial charge in [-0.1, -0.05) is 48.0 Å². The summed E-state index contributed by atoms with van der Waals surface area (Å²) in [5.41, 5.74) is 0.578. The van der Waals surface area contributed by atoms with Gasteiger partial charge in [-0.15, -0.1) is 0 Å². The zero-order valence-corrected chi connectivity index (χ0v) is 19.8. The third kappa shape index (κ3) is 5.47. The van der Waals surface area contributed by atoms with Crippen LogP contribution in [0.3, 0.4) is 0 Å². The van der Waals surface area contributed by atoms with E-state index in [1.54, 1.807) is 24.3 Å². The van der Waals surface area contributed by atoms with Gasteiger partial charge in [0.1, 0.15) is 24.5 Å². The van der Waals surface area contributed by atoms with Gasteiger partial charge < -0.3 is 24.8 Å². The fourth-order valence-electron chi connectivity index (χ4n) is 3.82. The number of hydrogen-bond donors (Lipinski definition) is 4. The lowest BCUT2D eigenvalue weighted by Gasteiger charge is -2.19. The number of aliphatic hydroxyl groups is 1. The van der Waals surface area contributed by atoms with Crippen molar-refractivity contribution in [3.8, 4) is 5.75 Å². The summed E-state index contributed by atoms with van der Waals surface area (Å²) in [6.07, 6.45) is -0.924. The van der Waals surface area contributed by atoms with Crippen molar-refractivity contribution >= 4 is 23.1 Å². The van der Waals surface area contributed by atoms with Gasteiger partial charge in [0, 0.05) is 13.5 Å². The van der Waals surface area contributed by atoms with Gasteiger partial charge in [-0.25, -0.2) is 9.59 Å². The van der Waals surface area contributed by atoms with E-state index in [0.717, 1.165) is 15.7 Å². The van der Waals surface area contributed by atoms with Crippen molar-refractivity contribution in [2.75, 3.05) is 11.9 Å². The summed E-state index contributed by atoms with van der Waals surface area (Å²) in [5.74, 6) is -0.513. The largest absolute Gasteiger partial charge is 0.491 e. The summed E-state index contributed by atoms with van der Waals surface area (Å²) in [6.45, 7) is 1.73. The monoisotopic (exact) mass is 493 g/mol. The third-order valence-corrected chi connectivity index (χ3v) is 5.75. The molecular formula is C25H27N5O6. The number of aliphatic hydroxyl groups excluding tert-OH is 1. The number of H-pyrrole nitrogens is 1. The molecule has 0 bridgehead atoms. The molecule has 2 aromatic carbocycles. The first-order valence-electron chi connectivity index (χ1n) is 11.3. The van der Waals surface area contributed by atoms with Gasteiger partial charge in [-0.3, -0.25) is 14.3 Å². The summed E-state index contributed by atoms with van der Waals surface area (Å²) < 4.78 is 8.18. The zero-order chi connectivity index (χ0) is 25.8. The molecule has 11 nitrogen and oxygen atoms in total. The van der Waals surface area contributed by atoms with Crippen LogP contribution in [0.4, 0.5) is 5.95 Å². The van der Waals surface area contributed by atoms with Crippen molar-refractivity contribution in [3.63, 3.8) is 0 Å². The van der Waals surface area contributed by atoms with Crippen LogP contribution in [0.25, 0.3) is 11.2 Å². The predicted molar refractivity (Wildman–Crippen MR) is 133 cm³/mol. The highest BCUT2D eigenvalue weighted by Crippen LogP contribution is 2.19. The number of aliphatic carboxylic acids is 1. The van der Waals surface area contributed by atoms with Crippen molar-refractivity contribution < 1.29 is 19.7 Å². The molecule has 2 aromatic heterocycles. The normalized spacial score (nSPS) is 12.9. The maximum absolute atomic E-state index is 12.7. The number of nitrogens with zero attached hydrogens (tertiary/aromatic N) is 3. The molecule has 188 valence electrons. The Morgan fingerprint density at radius 1 is 1.14 bits per heavy atom. The van der Waals surface area contributed by atoms with E-state index >= 15 is 0 Å². The summed E-state index contributed by atoms with van der Waals surface area (Å²) in [7, 11) is 1.44. The number of rotatable bonds is 10. The van der Waals surface area contributed by atoms with Crippen LogP contribution in [0.15, 0.2) is 64.2 Å². The lowest BCUT2D eigenvalue weighted by molar-refractivity contribution is -0.137. The molecule has 0 unspecified atom stereocenters. The molecule has 0 aliphatic heterocycles. The molecule has 0 saturated heterocycles. The molecule has 0 radical (unpaired) electrons. The van der Waals surface area contributed by atoms with E-state index in [1.165, 1.54) is 11.6 Å². The number of aromatic amines is 1. The van der Waals surface area contributed by atoms with E-state index in [4.69, 9.17) is 4.74 Å². The lowest BCUT2D eigenvalue weighted by atomic mass is 10.1. The smallest absolute Gasteiger partial charge is 0.329 e. The first-order chi connectivity index (χ1) is 17.2. The predicted octanol–water partition coefficient (Wildman–Crippen LogP) is 1.28. The number of anilines is 1. The second kappa shape index (κ2) is 10.5. The van der Waals surface area contributed by atoms with E-state index in [0.29, 0.717) is 5.75 Å². The third-order valence-electron chi connectivity index (χ3n) is 5.75. The second-order valence-corrected chi connectivity index (χ2v) is 8.54. The van der Waals surface area contributed by atoms with Crippen molar-refractivity contribution in [1.82, 2.24) is 19.1 Å². The van der Waals surface area contributed by atoms with Crippen LogP contribution in [-0.4, -0.2) is 54.0 Å². The minimum absolute atomic E-state index is 0.0258. The van der Waals surface area contributed by atoms with Crippen molar-refractivity contribution in [2.45, 2.75) is 32.0 Å². The van der Waals surface area contributed by atoms with Crippen molar-refractivity contribution in [1.29, 1.82) is 0 Å². The van der Waals surface area contributed by atoms with Crippen LogP contribution >= 0.6 is 0 Å². The van der Waals surface area contributed by atoms with E-state index < -0.39 is 29.4 Å². The van der Waals surface area contributed by atoms with Gasteiger partial charge in [0.25, 0.3) is 5.56 Å². The fraction of sp³-hybridized carbons (Fsp3) is 0.280. The minimum atomic E-state index is -1.12. The molecule has 2 atom stereocenters. The van der Waals surface area contributed by atoms with Crippen molar-refractivity contribution in [3.05, 3.63) is 86.6 Å². The molecule has 11 heteroatoms. The zero-order valence-electron chi connectivity index (χ0n) is 19.8. The highest BCUT2D eigenvalue weighted by molar-refractivity contribution is 5.79. The number of aromatic nitrogens is 4. The number of ether oxygens (including phenoxy) is 1. The number of carbonyl (C=O) groups is 1. The van der Waals surface area contributed by atoms with Crippen LogP contribution in [-0.2, 0) is 24.8 Å². The average Bonchev–Trinajstić information content (AvgIpc) is 3.20. The summed E-state index contributed by atoms with van der Waals surface area (Å²) in [5, 5.41) is 23.4. The number of aryl methyl sites for hydroxylation is 2. The van der Waals surface area contributed by atoms with E-state index in [2.05, 4.69) is 15.3 Å². The highest BCUT2D eigenvalue weighted by atomic mass is 16.5. The molecule has 0 spiro atoms. The average molecular weight is 494 g/mol. The van der Waals surface area contributed by atoms with Crippen LogP contribution in [0.5, 0.6) is 5.75 Å². The Labute approximate surface area is 205 Å². The standard InChI is InChI=1S/C25H27N5O6/c1-15-8-10-18(11-9-15)36-14-17(31)13-30-20-21(29(2)25(35)28-22(20)32)27-24(30)26-19(23(33)34)12-16-6-4-3-5-7-16/h3-11,17,19,31H,12-14H2,1-2H3,(H,26,27)(H,33,34)(H,28,32,35)/t17-,19+/m0/s1. The number of benzene rings is 2. The molecule has 0 aliphatic rings. The van der Waals surface area contributed by atoms with Gasteiger partial charge in [-0.2, -0.15) is 4.98 Å². The van der Waals surface area contributed by atoms with Crippen molar-refractivity contribution in [2.24, 2.45) is 7.05 Å². The fourth-order valence-corrected chi connectivity index (χ4v) is 3.82. The minimum Gasteiger partial charge on any atom is -0.491 e. The first kappa shape index (κ1) is 24.7. The van der Waals surface area contributed by atoms with Crippen LogP contribution in [0.2, 0.25) is 0 Å². The molecule has 4 N–H and O–H groups in total. The molecule has 0 aliphatic carbocycles. The number of fused-ring (bicyclic) bond motifs is 1.